The largest absolute Gasteiger partial charge is 0.454 e. The van der Waals surface area contributed by atoms with Gasteiger partial charge in [0.05, 0.1) is 17.3 Å². The lowest BCUT2D eigenvalue weighted by Gasteiger charge is -2.14. The number of nitrogens with one attached hydrogen (secondary N) is 1. The molecule has 2 heterocycles. The van der Waals surface area contributed by atoms with E-state index in [1.807, 2.05) is 18.2 Å². The van der Waals surface area contributed by atoms with E-state index >= 15 is 0 Å². The molecule has 1 aromatic heterocycles. The molecule has 1 aliphatic rings. The Morgan fingerprint density at radius 3 is 2.81 bits per heavy atom. The van der Waals surface area contributed by atoms with Crippen molar-refractivity contribution in [1.29, 1.82) is 0 Å². The van der Waals surface area contributed by atoms with Crippen molar-refractivity contribution in [2.24, 2.45) is 7.05 Å². The van der Waals surface area contributed by atoms with E-state index in [2.05, 4.69) is 10.3 Å². The number of esters is 1. The second-order valence-corrected chi connectivity index (χ2v) is 7.45. The molecule has 2 aromatic carbocycles. The highest BCUT2D eigenvalue weighted by molar-refractivity contribution is 5.83. The Kier molecular flexibility index (Phi) is 6.07. The van der Waals surface area contributed by atoms with Crippen molar-refractivity contribution in [1.82, 2.24) is 14.9 Å². The molecule has 0 bridgehead atoms. The lowest BCUT2D eigenvalue weighted by Crippen LogP contribution is -2.35. The molecule has 0 fully saturated rings. The predicted molar refractivity (Wildman–Crippen MR) is 115 cm³/mol. The Morgan fingerprint density at radius 1 is 1.19 bits per heavy atom. The van der Waals surface area contributed by atoms with E-state index in [4.69, 9.17) is 14.2 Å². The lowest BCUT2D eigenvalue weighted by atomic mass is 10.2. The quantitative estimate of drug-likeness (QED) is 0.562. The van der Waals surface area contributed by atoms with Gasteiger partial charge in [0, 0.05) is 20.0 Å². The number of amides is 1. The van der Waals surface area contributed by atoms with E-state index in [1.54, 1.807) is 35.9 Å². The van der Waals surface area contributed by atoms with Gasteiger partial charge in [0.25, 0.3) is 11.5 Å². The van der Waals surface area contributed by atoms with Gasteiger partial charge in [0.1, 0.15) is 5.82 Å². The van der Waals surface area contributed by atoms with Crippen LogP contribution in [0.5, 0.6) is 11.5 Å². The highest BCUT2D eigenvalue weighted by Gasteiger charge is 2.19. The van der Waals surface area contributed by atoms with Crippen LogP contribution in [0.2, 0.25) is 0 Å². The molecule has 1 amide bonds. The normalized spacial score (nSPS) is 13.1. The van der Waals surface area contributed by atoms with Crippen molar-refractivity contribution in [3.8, 4) is 11.5 Å². The van der Waals surface area contributed by atoms with Crippen molar-refractivity contribution in [3.63, 3.8) is 0 Å². The Balaban J connectivity index is 1.29. The van der Waals surface area contributed by atoms with Crippen molar-refractivity contribution < 1.29 is 23.8 Å². The summed E-state index contributed by atoms with van der Waals surface area (Å²) in [5, 5.41) is 3.26. The van der Waals surface area contributed by atoms with Crippen LogP contribution in [0.4, 0.5) is 0 Å². The summed E-state index contributed by atoms with van der Waals surface area (Å²) in [6.07, 6.45) is -0.732. The molecule has 1 atom stereocenters. The highest BCUT2D eigenvalue weighted by atomic mass is 16.7. The summed E-state index contributed by atoms with van der Waals surface area (Å²) in [7, 11) is 1.79. The Morgan fingerprint density at radius 2 is 1.97 bits per heavy atom. The number of hydrogen-bond donors (Lipinski definition) is 1. The van der Waals surface area contributed by atoms with Crippen LogP contribution in [0.1, 0.15) is 24.7 Å². The molecule has 9 heteroatoms. The molecule has 1 aliphatic heterocycles. The summed E-state index contributed by atoms with van der Waals surface area (Å²) in [6.45, 7) is 1.96. The number of rotatable bonds is 7. The van der Waals surface area contributed by atoms with E-state index in [-0.39, 0.29) is 31.7 Å². The third-order valence-electron chi connectivity index (χ3n) is 5.25. The third-order valence-corrected chi connectivity index (χ3v) is 5.25. The number of fused-ring (bicyclic) bond motifs is 2. The maximum absolute atomic E-state index is 12.3. The SMILES string of the molecule is C[C@H](OC(=O)CCc1nc(=O)c2ccccc2n1C)C(=O)NCc1ccc2c(c1)OCO2. The van der Waals surface area contributed by atoms with Crippen molar-refractivity contribution >= 4 is 22.8 Å². The second-order valence-electron chi connectivity index (χ2n) is 7.45. The lowest BCUT2D eigenvalue weighted by molar-refractivity contribution is -0.154. The second kappa shape index (κ2) is 9.09. The van der Waals surface area contributed by atoms with Crippen LogP contribution < -0.4 is 20.3 Å². The average Bonchev–Trinajstić information content (AvgIpc) is 3.27. The molecular weight excluding hydrogens is 414 g/mol. The minimum absolute atomic E-state index is 0.00159. The minimum Gasteiger partial charge on any atom is -0.454 e. The summed E-state index contributed by atoms with van der Waals surface area (Å²) in [6, 6.07) is 12.6. The van der Waals surface area contributed by atoms with Crippen LogP contribution in [0.3, 0.4) is 0 Å². The van der Waals surface area contributed by atoms with Gasteiger partial charge >= 0.3 is 5.97 Å². The minimum atomic E-state index is -0.954. The van der Waals surface area contributed by atoms with E-state index in [9.17, 15) is 14.4 Å². The van der Waals surface area contributed by atoms with Gasteiger partial charge in [0.2, 0.25) is 6.79 Å². The molecule has 166 valence electrons. The molecule has 9 nitrogen and oxygen atoms in total. The summed E-state index contributed by atoms with van der Waals surface area (Å²) in [4.78, 5) is 40.8. The Hall–Kier alpha value is -3.88. The van der Waals surface area contributed by atoms with Crippen LogP contribution in [0, 0.1) is 0 Å². The number of nitrogens with zero attached hydrogens (tertiary/aromatic N) is 2. The fourth-order valence-corrected chi connectivity index (χ4v) is 3.47. The molecule has 32 heavy (non-hydrogen) atoms. The number of aryl methyl sites for hydroxylation is 2. The van der Waals surface area contributed by atoms with Gasteiger partial charge in [-0.3, -0.25) is 14.4 Å². The zero-order chi connectivity index (χ0) is 22.7. The molecule has 4 rings (SSSR count). The highest BCUT2D eigenvalue weighted by Crippen LogP contribution is 2.32. The zero-order valence-electron chi connectivity index (χ0n) is 17.8. The molecular formula is C23H23N3O6. The average molecular weight is 437 g/mol. The molecule has 0 radical (unpaired) electrons. The van der Waals surface area contributed by atoms with Crippen LogP contribution in [0.25, 0.3) is 10.9 Å². The predicted octanol–water partition coefficient (Wildman–Crippen LogP) is 1.84. The molecule has 0 unspecified atom stereocenters. The smallest absolute Gasteiger partial charge is 0.307 e. The first-order valence-corrected chi connectivity index (χ1v) is 10.2. The monoisotopic (exact) mass is 437 g/mol. The third kappa shape index (κ3) is 4.56. The summed E-state index contributed by atoms with van der Waals surface area (Å²) < 4.78 is 17.6. The van der Waals surface area contributed by atoms with Gasteiger partial charge in [-0.05, 0) is 36.8 Å². The van der Waals surface area contributed by atoms with Crippen molar-refractivity contribution in [3.05, 3.63) is 64.2 Å². The van der Waals surface area contributed by atoms with Crippen molar-refractivity contribution in [2.45, 2.75) is 32.4 Å². The number of hydrogen-bond acceptors (Lipinski definition) is 7. The van der Waals surface area contributed by atoms with Gasteiger partial charge in [-0.15, -0.1) is 0 Å². The summed E-state index contributed by atoms with van der Waals surface area (Å²) >= 11 is 0. The number of carbonyl (C=O) groups excluding carboxylic acids is 2. The number of ether oxygens (including phenoxy) is 3. The van der Waals surface area contributed by atoms with Crippen LogP contribution in [-0.4, -0.2) is 34.3 Å². The van der Waals surface area contributed by atoms with E-state index in [0.29, 0.717) is 22.7 Å². The van der Waals surface area contributed by atoms with Crippen molar-refractivity contribution in [2.75, 3.05) is 6.79 Å². The zero-order valence-corrected chi connectivity index (χ0v) is 17.8. The van der Waals surface area contributed by atoms with E-state index in [1.165, 1.54) is 6.92 Å². The standard InChI is InChI=1S/C23H23N3O6/c1-14(22(28)24-12-15-7-8-18-19(11-15)31-13-30-18)32-21(27)10-9-20-25-23(29)16-5-3-4-6-17(16)26(20)2/h3-8,11,14H,9-10,12-13H2,1-2H3,(H,24,28)/t14-/m0/s1. The molecule has 1 N–H and O–H groups in total. The number of para-hydroxylation sites is 1. The summed E-state index contributed by atoms with van der Waals surface area (Å²) in [5.74, 6) is 0.824. The molecule has 0 spiro atoms. The number of aromatic nitrogens is 2. The maximum atomic E-state index is 12.3. The maximum Gasteiger partial charge on any atom is 0.307 e. The van der Waals surface area contributed by atoms with Gasteiger partial charge in [0.15, 0.2) is 17.6 Å². The van der Waals surface area contributed by atoms with Gasteiger partial charge < -0.3 is 24.1 Å². The van der Waals surface area contributed by atoms with Crippen LogP contribution >= 0.6 is 0 Å². The van der Waals surface area contributed by atoms with Gasteiger partial charge in [-0.1, -0.05) is 18.2 Å². The van der Waals surface area contributed by atoms with Crippen LogP contribution in [0.15, 0.2) is 47.3 Å². The Labute approximate surface area is 183 Å². The first-order valence-electron chi connectivity index (χ1n) is 10.2. The fraction of sp³-hybridized carbons (Fsp3) is 0.304. The first kappa shape index (κ1) is 21.4. The molecule has 0 aliphatic carbocycles. The molecule has 0 saturated heterocycles. The number of benzene rings is 2. The molecule has 0 saturated carbocycles. The molecule has 3 aromatic rings. The fourth-order valence-electron chi connectivity index (χ4n) is 3.47. The summed E-state index contributed by atoms with van der Waals surface area (Å²) in [5.41, 5.74) is 1.25. The topological polar surface area (TPSA) is 109 Å². The van der Waals surface area contributed by atoms with E-state index in [0.717, 1.165) is 11.1 Å². The van der Waals surface area contributed by atoms with Gasteiger partial charge in [-0.2, -0.15) is 4.98 Å². The Bertz CT molecular complexity index is 1240. The number of carbonyl (C=O) groups is 2. The first-order chi connectivity index (χ1) is 15.4. The van der Waals surface area contributed by atoms with E-state index < -0.39 is 18.0 Å². The van der Waals surface area contributed by atoms with Gasteiger partial charge in [-0.25, -0.2) is 0 Å². The van der Waals surface area contributed by atoms with Crippen LogP contribution in [-0.2, 0) is 34.3 Å².